The molecular formula is C18H20N6O4. The minimum atomic E-state index is -0.523. The number of amides is 1. The van der Waals surface area contributed by atoms with E-state index in [4.69, 9.17) is 19.9 Å². The minimum absolute atomic E-state index is 0.0573. The molecule has 1 aromatic heterocycles. The Morgan fingerprint density at radius 1 is 1.00 bits per heavy atom. The summed E-state index contributed by atoms with van der Waals surface area (Å²) in [4.78, 5) is 16.6. The van der Waals surface area contributed by atoms with Crippen LogP contribution in [-0.4, -0.2) is 42.1 Å². The maximum Gasteiger partial charge on any atom is 0.349 e. The number of benzene rings is 2. The standard InChI is InChI=1S/C18H20N6O4/c1-26-13-9-12(10-14(27-2)15(13)28-3)20-17-22-16(19)23-24(17)18(25)21-11-7-5-4-6-8-11/h4-10H,1-3H3,(H,21,25)(H3,19,20,22,23). The fraction of sp³-hybridized carbons (Fsp3) is 0.167. The number of para-hydroxylation sites is 1. The summed E-state index contributed by atoms with van der Waals surface area (Å²) in [7, 11) is 4.53. The lowest BCUT2D eigenvalue weighted by atomic mass is 10.2. The molecule has 146 valence electrons. The van der Waals surface area contributed by atoms with E-state index in [1.165, 1.54) is 21.3 Å². The Morgan fingerprint density at radius 2 is 1.64 bits per heavy atom. The summed E-state index contributed by atoms with van der Waals surface area (Å²) in [5.41, 5.74) is 6.84. The molecule has 1 amide bonds. The van der Waals surface area contributed by atoms with E-state index in [1.807, 2.05) is 6.07 Å². The Hall–Kier alpha value is -3.95. The van der Waals surface area contributed by atoms with Gasteiger partial charge in [-0.1, -0.05) is 18.2 Å². The molecule has 0 unspecified atom stereocenters. The molecule has 0 saturated carbocycles. The molecule has 0 spiro atoms. The van der Waals surface area contributed by atoms with Gasteiger partial charge in [-0.3, -0.25) is 0 Å². The molecule has 0 saturated heterocycles. The first-order valence-electron chi connectivity index (χ1n) is 8.21. The van der Waals surface area contributed by atoms with Gasteiger partial charge in [-0.15, -0.1) is 9.78 Å². The van der Waals surface area contributed by atoms with Gasteiger partial charge in [0.15, 0.2) is 11.5 Å². The number of nitrogens with two attached hydrogens (primary N) is 1. The molecule has 10 nitrogen and oxygen atoms in total. The largest absolute Gasteiger partial charge is 0.493 e. The third kappa shape index (κ3) is 3.90. The average molecular weight is 384 g/mol. The van der Waals surface area contributed by atoms with Crippen LogP contribution >= 0.6 is 0 Å². The van der Waals surface area contributed by atoms with Crippen LogP contribution in [0.1, 0.15) is 0 Å². The Kier molecular flexibility index (Phi) is 5.49. The maximum atomic E-state index is 12.6. The lowest BCUT2D eigenvalue weighted by Gasteiger charge is -2.15. The fourth-order valence-corrected chi connectivity index (χ4v) is 2.53. The second-order valence-corrected chi connectivity index (χ2v) is 5.54. The summed E-state index contributed by atoms with van der Waals surface area (Å²) in [5, 5.41) is 9.65. The van der Waals surface area contributed by atoms with Gasteiger partial charge in [-0.05, 0) is 12.1 Å². The summed E-state index contributed by atoms with van der Waals surface area (Å²) in [6, 6.07) is 11.8. The van der Waals surface area contributed by atoms with Crippen LogP contribution in [0.4, 0.5) is 28.1 Å². The lowest BCUT2D eigenvalue weighted by Crippen LogP contribution is -2.22. The quantitative estimate of drug-likeness (QED) is 0.592. The minimum Gasteiger partial charge on any atom is -0.493 e. The van der Waals surface area contributed by atoms with Crippen LogP contribution in [0.5, 0.6) is 17.2 Å². The second-order valence-electron chi connectivity index (χ2n) is 5.54. The first-order valence-corrected chi connectivity index (χ1v) is 8.21. The van der Waals surface area contributed by atoms with Crippen molar-refractivity contribution in [3.8, 4) is 17.2 Å². The molecular weight excluding hydrogens is 364 g/mol. The zero-order chi connectivity index (χ0) is 20.1. The van der Waals surface area contributed by atoms with Crippen molar-refractivity contribution in [3.63, 3.8) is 0 Å². The number of hydrogen-bond acceptors (Lipinski definition) is 8. The number of methoxy groups -OCH3 is 3. The van der Waals surface area contributed by atoms with E-state index in [0.29, 0.717) is 28.6 Å². The smallest absolute Gasteiger partial charge is 0.349 e. The molecule has 0 aliphatic heterocycles. The van der Waals surface area contributed by atoms with Gasteiger partial charge in [0.1, 0.15) is 0 Å². The highest BCUT2D eigenvalue weighted by Gasteiger charge is 2.18. The van der Waals surface area contributed by atoms with Crippen molar-refractivity contribution in [2.24, 2.45) is 0 Å². The van der Waals surface area contributed by atoms with Gasteiger partial charge in [0.25, 0.3) is 0 Å². The van der Waals surface area contributed by atoms with E-state index in [-0.39, 0.29) is 11.9 Å². The van der Waals surface area contributed by atoms with E-state index in [1.54, 1.807) is 36.4 Å². The third-order valence-corrected chi connectivity index (χ3v) is 3.76. The summed E-state index contributed by atoms with van der Waals surface area (Å²) < 4.78 is 17.0. The molecule has 0 atom stereocenters. The number of carbonyl (C=O) groups excluding carboxylic acids is 1. The Morgan fingerprint density at radius 3 is 2.21 bits per heavy atom. The number of hydrogen-bond donors (Lipinski definition) is 3. The first-order chi connectivity index (χ1) is 13.5. The number of rotatable bonds is 6. The lowest BCUT2D eigenvalue weighted by molar-refractivity contribution is 0.251. The van der Waals surface area contributed by atoms with Crippen LogP contribution in [0.15, 0.2) is 42.5 Å². The van der Waals surface area contributed by atoms with Gasteiger partial charge in [-0.25, -0.2) is 4.79 Å². The highest BCUT2D eigenvalue weighted by Crippen LogP contribution is 2.40. The van der Waals surface area contributed by atoms with Gasteiger partial charge >= 0.3 is 6.03 Å². The number of ether oxygens (including phenoxy) is 3. The van der Waals surface area contributed by atoms with Crippen molar-refractivity contribution in [2.45, 2.75) is 0 Å². The van der Waals surface area contributed by atoms with Crippen LogP contribution in [0.3, 0.4) is 0 Å². The van der Waals surface area contributed by atoms with Gasteiger partial charge in [0, 0.05) is 23.5 Å². The predicted octanol–water partition coefficient (Wildman–Crippen LogP) is 2.71. The van der Waals surface area contributed by atoms with Crippen molar-refractivity contribution in [2.75, 3.05) is 37.7 Å². The van der Waals surface area contributed by atoms with Crippen LogP contribution in [0.2, 0.25) is 0 Å². The highest BCUT2D eigenvalue weighted by molar-refractivity contribution is 5.92. The van der Waals surface area contributed by atoms with Crippen LogP contribution in [0, 0.1) is 0 Å². The van der Waals surface area contributed by atoms with Crippen LogP contribution in [-0.2, 0) is 0 Å². The van der Waals surface area contributed by atoms with Crippen molar-refractivity contribution in [1.29, 1.82) is 0 Å². The second kappa shape index (κ2) is 8.16. The molecule has 28 heavy (non-hydrogen) atoms. The van der Waals surface area contributed by atoms with Crippen LogP contribution in [0.25, 0.3) is 0 Å². The zero-order valence-corrected chi connectivity index (χ0v) is 15.6. The third-order valence-electron chi connectivity index (χ3n) is 3.76. The number of carbonyl (C=O) groups is 1. The van der Waals surface area contributed by atoms with E-state index in [0.717, 1.165) is 4.68 Å². The summed E-state index contributed by atoms with van der Waals surface area (Å²) in [5.74, 6) is 1.39. The molecule has 0 fully saturated rings. The fourth-order valence-electron chi connectivity index (χ4n) is 2.53. The molecule has 0 bridgehead atoms. The molecule has 0 aliphatic rings. The molecule has 4 N–H and O–H groups in total. The Balaban J connectivity index is 1.90. The topological polar surface area (TPSA) is 126 Å². The highest BCUT2D eigenvalue weighted by atomic mass is 16.5. The van der Waals surface area contributed by atoms with Crippen molar-refractivity contribution in [1.82, 2.24) is 14.8 Å². The first kappa shape index (κ1) is 18.8. The van der Waals surface area contributed by atoms with Gasteiger partial charge in [0.2, 0.25) is 17.6 Å². The maximum absolute atomic E-state index is 12.6. The summed E-state index contributed by atoms with van der Waals surface area (Å²) >= 11 is 0. The van der Waals surface area contributed by atoms with Crippen molar-refractivity contribution < 1.29 is 19.0 Å². The zero-order valence-electron chi connectivity index (χ0n) is 15.6. The molecule has 10 heteroatoms. The molecule has 1 heterocycles. The number of aromatic nitrogens is 3. The molecule has 0 radical (unpaired) electrons. The van der Waals surface area contributed by atoms with E-state index >= 15 is 0 Å². The Bertz CT molecular complexity index is 948. The normalized spacial score (nSPS) is 10.2. The Labute approximate surface area is 161 Å². The molecule has 3 aromatic rings. The SMILES string of the molecule is COc1cc(Nc2nc(N)nn2C(=O)Nc2ccccc2)cc(OC)c1OC. The van der Waals surface area contributed by atoms with E-state index < -0.39 is 6.03 Å². The number of nitrogen functional groups attached to an aromatic ring is 1. The monoisotopic (exact) mass is 384 g/mol. The van der Waals surface area contributed by atoms with Gasteiger partial charge in [-0.2, -0.15) is 4.98 Å². The van der Waals surface area contributed by atoms with E-state index in [9.17, 15) is 4.79 Å². The number of nitrogens with one attached hydrogen (secondary N) is 2. The van der Waals surface area contributed by atoms with Crippen molar-refractivity contribution >= 4 is 29.3 Å². The average Bonchev–Trinajstić information content (AvgIpc) is 3.08. The summed E-state index contributed by atoms with van der Waals surface area (Å²) in [6.45, 7) is 0. The van der Waals surface area contributed by atoms with Gasteiger partial charge < -0.3 is 30.6 Å². The predicted molar refractivity (Wildman–Crippen MR) is 105 cm³/mol. The summed E-state index contributed by atoms with van der Waals surface area (Å²) in [6.07, 6.45) is 0. The molecule has 0 aliphatic carbocycles. The molecule has 3 rings (SSSR count). The molecule has 2 aromatic carbocycles. The van der Waals surface area contributed by atoms with E-state index in [2.05, 4.69) is 20.7 Å². The van der Waals surface area contributed by atoms with Gasteiger partial charge in [0.05, 0.1) is 21.3 Å². The van der Waals surface area contributed by atoms with Crippen LogP contribution < -0.4 is 30.6 Å². The number of anilines is 4. The van der Waals surface area contributed by atoms with Crippen molar-refractivity contribution in [3.05, 3.63) is 42.5 Å². The number of nitrogens with zero attached hydrogens (tertiary/aromatic N) is 3.